The van der Waals surface area contributed by atoms with E-state index in [1.807, 2.05) is 0 Å². The van der Waals surface area contributed by atoms with Crippen molar-refractivity contribution in [3.63, 3.8) is 0 Å². The summed E-state index contributed by atoms with van der Waals surface area (Å²) in [6.45, 7) is 1.77. The Morgan fingerprint density at radius 2 is 2.44 bits per heavy atom. The summed E-state index contributed by atoms with van der Waals surface area (Å²) in [6.07, 6.45) is 0.504. The minimum absolute atomic E-state index is 0.0505. The van der Waals surface area contributed by atoms with Gasteiger partial charge in [-0.15, -0.1) is 10.2 Å². The van der Waals surface area contributed by atoms with Crippen LogP contribution in [0.3, 0.4) is 0 Å². The maximum Gasteiger partial charge on any atom is 0.233 e. The van der Waals surface area contributed by atoms with Crippen LogP contribution in [0, 0.1) is 0 Å². The molecule has 9 heteroatoms. The molecule has 1 N–H and O–H groups in total. The van der Waals surface area contributed by atoms with Crippen LogP contribution in [0.2, 0.25) is 0 Å². The molecule has 0 aromatic carbocycles. The first kappa shape index (κ1) is 13.8. The second kappa shape index (κ2) is 5.54. The average Bonchev–Trinajstić information content (AvgIpc) is 2.88. The molecule has 0 aliphatic carbocycles. The molecule has 1 aromatic rings. The van der Waals surface area contributed by atoms with E-state index in [2.05, 4.69) is 15.5 Å². The Balaban J connectivity index is 1.85. The average molecular weight is 307 g/mol. The van der Waals surface area contributed by atoms with Crippen LogP contribution in [-0.4, -0.2) is 47.3 Å². The van der Waals surface area contributed by atoms with E-state index in [1.54, 1.807) is 12.4 Å². The monoisotopic (exact) mass is 307 g/mol. The summed E-state index contributed by atoms with van der Waals surface area (Å²) in [5.74, 6) is 0.0578. The topological polar surface area (TPSA) is 89.0 Å². The van der Waals surface area contributed by atoms with E-state index in [0.29, 0.717) is 6.42 Å². The SMILES string of the molecule is C[C@H](Sc1nncs1)C(=O)N[C@H]1CCS(=O)(=O)C1. The lowest BCUT2D eigenvalue weighted by atomic mass is 10.2. The summed E-state index contributed by atoms with van der Waals surface area (Å²) in [7, 11) is -2.96. The summed E-state index contributed by atoms with van der Waals surface area (Å²) >= 11 is 2.70. The van der Waals surface area contributed by atoms with Crippen LogP contribution in [0.4, 0.5) is 0 Å². The molecule has 0 spiro atoms. The van der Waals surface area contributed by atoms with E-state index in [9.17, 15) is 13.2 Å². The number of hydrogen-bond donors (Lipinski definition) is 1. The first-order valence-corrected chi connectivity index (χ1v) is 8.98. The quantitative estimate of drug-likeness (QED) is 0.806. The molecule has 1 amide bonds. The lowest BCUT2D eigenvalue weighted by molar-refractivity contribution is -0.120. The van der Waals surface area contributed by atoms with Gasteiger partial charge in [0.2, 0.25) is 5.91 Å². The number of amides is 1. The van der Waals surface area contributed by atoms with Crippen LogP contribution >= 0.6 is 23.1 Å². The van der Waals surface area contributed by atoms with Crippen LogP contribution in [-0.2, 0) is 14.6 Å². The second-order valence-electron chi connectivity index (χ2n) is 4.07. The number of carbonyl (C=O) groups is 1. The third kappa shape index (κ3) is 3.66. The number of aromatic nitrogens is 2. The molecule has 0 unspecified atom stereocenters. The van der Waals surface area contributed by atoms with Crippen LogP contribution in [0.15, 0.2) is 9.85 Å². The standard InChI is InChI=1S/C9H13N3O3S3/c1-6(17-9-12-10-5-16-9)8(13)11-7-2-3-18(14,15)4-7/h5-7H,2-4H2,1H3,(H,11,13)/t6-,7-/m0/s1. The zero-order valence-corrected chi connectivity index (χ0v) is 12.1. The predicted molar refractivity (Wildman–Crippen MR) is 70.4 cm³/mol. The van der Waals surface area contributed by atoms with Crippen LogP contribution in [0.25, 0.3) is 0 Å². The van der Waals surface area contributed by atoms with Crippen molar-refractivity contribution in [2.75, 3.05) is 11.5 Å². The molecule has 1 saturated heterocycles. The van der Waals surface area contributed by atoms with Crippen molar-refractivity contribution in [3.8, 4) is 0 Å². The van der Waals surface area contributed by atoms with Gasteiger partial charge in [-0.05, 0) is 13.3 Å². The van der Waals surface area contributed by atoms with Crippen molar-refractivity contribution in [1.29, 1.82) is 0 Å². The van der Waals surface area contributed by atoms with E-state index in [1.165, 1.54) is 23.1 Å². The van der Waals surface area contributed by atoms with E-state index >= 15 is 0 Å². The molecule has 2 atom stereocenters. The molecule has 1 aromatic heterocycles. The highest BCUT2D eigenvalue weighted by Gasteiger charge is 2.30. The molecule has 100 valence electrons. The largest absolute Gasteiger partial charge is 0.351 e. The Hall–Kier alpha value is -0.670. The van der Waals surface area contributed by atoms with Gasteiger partial charge in [-0.25, -0.2) is 8.42 Å². The molecule has 0 bridgehead atoms. The number of thioether (sulfide) groups is 1. The molecule has 0 radical (unpaired) electrons. The summed E-state index contributed by atoms with van der Waals surface area (Å²) in [5.41, 5.74) is 1.61. The van der Waals surface area contributed by atoms with Crippen molar-refractivity contribution in [1.82, 2.24) is 15.5 Å². The number of hydrogen-bond acceptors (Lipinski definition) is 7. The Morgan fingerprint density at radius 1 is 1.67 bits per heavy atom. The van der Waals surface area contributed by atoms with Gasteiger partial charge in [-0.1, -0.05) is 23.1 Å². The zero-order valence-electron chi connectivity index (χ0n) is 9.70. The molecule has 1 aliphatic heterocycles. The molecular formula is C9H13N3O3S3. The summed E-state index contributed by atoms with van der Waals surface area (Å²) in [4.78, 5) is 11.9. The van der Waals surface area contributed by atoms with Crippen molar-refractivity contribution in [3.05, 3.63) is 5.51 Å². The first-order chi connectivity index (χ1) is 8.46. The van der Waals surface area contributed by atoms with Gasteiger partial charge >= 0.3 is 0 Å². The van der Waals surface area contributed by atoms with E-state index in [4.69, 9.17) is 0 Å². The fraction of sp³-hybridized carbons (Fsp3) is 0.667. The molecule has 0 saturated carbocycles. The fourth-order valence-electron chi connectivity index (χ4n) is 1.65. The Kier molecular flexibility index (Phi) is 4.23. The third-order valence-corrected chi connectivity index (χ3v) is 6.24. The molecule has 2 heterocycles. The Bertz CT molecular complexity index is 514. The highest BCUT2D eigenvalue weighted by molar-refractivity contribution is 8.02. The number of carbonyl (C=O) groups excluding carboxylic acids is 1. The predicted octanol–water partition coefficient (Wildman–Crippen LogP) is 0.322. The summed E-state index contributed by atoms with van der Waals surface area (Å²) in [5, 5.41) is 10.0. The third-order valence-electron chi connectivity index (χ3n) is 2.57. The van der Waals surface area contributed by atoms with Gasteiger partial charge < -0.3 is 5.32 Å². The summed E-state index contributed by atoms with van der Waals surface area (Å²) < 4.78 is 23.3. The zero-order chi connectivity index (χ0) is 13.2. The molecule has 6 nitrogen and oxygen atoms in total. The highest BCUT2D eigenvalue weighted by Crippen LogP contribution is 2.24. The number of nitrogens with one attached hydrogen (secondary N) is 1. The Labute approximate surface area is 113 Å². The van der Waals surface area contributed by atoms with Gasteiger partial charge in [-0.3, -0.25) is 4.79 Å². The molecular weight excluding hydrogens is 294 g/mol. The number of rotatable bonds is 4. The normalized spacial score (nSPS) is 23.7. The highest BCUT2D eigenvalue weighted by atomic mass is 32.2. The molecule has 18 heavy (non-hydrogen) atoms. The molecule has 1 fully saturated rings. The summed E-state index contributed by atoms with van der Waals surface area (Å²) in [6, 6.07) is -0.250. The van der Waals surface area contributed by atoms with Crippen molar-refractivity contribution >= 4 is 38.8 Å². The van der Waals surface area contributed by atoms with Crippen molar-refractivity contribution in [2.24, 2.45) is 0 Å². The maximum absolute atomic E-state index is 11.9. The first-order valence-electron chi connectivity index (χ1n) is 5.40. The van der Waals surface area contributed by atoms with Gasteiger partial charge in [0.05, 0.1) is 16.8 Å². The lowest BCUT2D eigenvalue weighted by Gasteiger charge is -2.14. The minimum atomic E-state index is -2.96. The van der Waals surface area contributed by atoms with Gasteiger partial charge in [-0.2, -0.15) is 0 Å². The number of nitrogens with zero attached hydrogens (tertiary/aromatic N) is 2. The smallest absolute Gasteiger partial charge is 0.233 e. The van der Waals surface area contributed by atoms with E-state index in [-0.39, 0.29) is 28.7 Å². The number of sulfone groups is 1. The minimum Gasteiger partial charge on any atom is -0.351 e. The van der Waals surface area contributed by atoms with E-state index < -0.39 is 9.84 Å². The lowest BCUT2D eigenvalue weighted by Crippen LogP contribution is -2.39. The van der Waals surface area contributed by atoms with Gasteiger partial charge in [0.15, 0.2) is 14.2 Å². The second-order valence-corrected chi connectivity index (χ2v) is 8.72. The molecule has 2 rings (SSSR count). The van der Waals surface area contributed by atoms with Crippen LogP contribution in [0.1, 0.15) is 13.3 Å². The van der Waals surface area contributed by atoms with E-state index in [0.717, 1.165) is 4.34 Å². The van der Waals surface area contributed by atoms with Crippen molar-refractivity contribution in [2.45, 2.75) is 29.0 Å². The Morgan fingerprint density at radius 3 is 3.00 bits per heavy atom. The maximum atomic E-state index is 11.9. The van der Waals surface area contributed by atoms with Gasteiger partial charge in [0.1, 0.15) is 5.51 Å². The van der Waals surface area contributed by atoms with Crippen LogP contribution in [0.5, 0.6) is 0 Å². The fourth-order valence-corrected chi connectivity index (χ4v) is 4.95. The van der Waals surface area contributed by atoms with Gasteiger partial charge in [0, 0.05) is 6.04 Å². The van der Waals surface area contributed by atoms with Gasteiger partial charge in [0.25, 0.3) is 0 Å². The van der Waals surface area contributed by atoms with Crippen molar-refractivity contribution < 1.29 is 13.2 Å². The molecule has 1 aliphatic rings. The van der Waals surface area contributed by atoms with Crippen LogP contribution < -0.4 is 5.32 Å².